The normalized spacial score (nSPS) is 15.7. The first-order chi connectivity index (χ1) is 9.78. The molecule has 1 aliphatic heterocycles. The van der Waals surface area contributed by atoms with Crippen LogP contribution in [0.5, 0.6) is 0 Å². The molecule has 1 saturated heterocycles. The third kappa shape index (κ3) is 2.59. The number of hydrogen-bond acceptors (Lipinski definition) is 7. The van der Waals surface area contributed by atoms with E-state index < -0.39 is 0 Å². The van der Waals surface area contributed by atoms with Crippen molar-refractivity contribution in [3.05, 3.63) is 29.0 Å². The van der Waals surface area contributed by atoms with E-state index in [-0.39, 0.29) is 6.61 Å². The van der Waals surface area contributed by atoms with Crippen molar-refractivity contribution in [3.8, 4) is 0 Å². The van der Waals surface area contributed by atoms with Gasteiger partial charge in [0.1, 0.15) is 0 Å². The zero-order valence-electron chi connectivity index (χ0n) is 11.4. The first-order valence-corrected chi connectivity index (χ1v) is 7.43. The van der Waals surface area contributed by atoms with E-state index in [4.69, 9.17) is 0 Å². The van der Waals surface area contributed by atoms with Crippen LogP contribution >= 0.6 is 11.3 Å². The lowest BCUT2D eigenvalue weighted by molar-refractivity contribution is 0.284. The van der Waals surface area contributed by atoms with Crippen LogP contribution in [-0.2, 0) is 6.61 Å². The Balaban J connectivity index is 1.66. The quantitative estimate of drug-likeness (QED) is 0.912. The Hall–Kier alpha value is -1.73. The topological polar surface area (TPSA) is 65.4 Å². The summed E-state index contributed by atoms with van der Waals surface area (Å²) in [6.07, 6.45) is 3.54. The van der Waals surface area contributed by atoms with Crippen molar-refractivity contribution in [1.29, 1.82) is 0 Å². The van der Waals surface area contributed by atoms with E-state index in [1.807, 2.05) is 13.0 Å². The van der Waals surface area contributed by atoms with Gasteiger partial charge in [-0.15, -0.1) is 0 Å². The number of aliphatic hydroxyl groups excluding tert-OH is 1. The van der Waals surface area contributed by atoms with Crippen molar-refractivity contribution >= 4 is 22.4 Å². The van der Waals surface area contributed by atoms with Crippen molar-refractivity contribution < 1.29 is 5.11 Å². The summed E-state index contributed by atoms with van der Waals surface area (Å²) in [5.74, 6) is 0.790. The van der Waals surface area contributed by atoms with Gasteiger partial charge >= 0.3 is 0 Å². The van der Waals surface area contributed by atoms with Gasteiger partial charge in [0.2, 0.25) is 5.95 Å². The van der Waals surface area contributed by atoms with Crippen LogP contribution in [0.15, 0.2) is 18.5 Å². The number of aryl methyl sites for hydroxylation is 1. The number of rotatable bonds is 3. The van der Waals surface area contributed by atoms with Gasteiger partial charge in [-0.1, -0.05) is 11.3 Å². The first kappa shape index (κ1) is 13.3. The fourth-order valence-electron chi connectivity index (χ4n) is 2.25. The summed E-state index contributed by atoms with van der Waals surface area (Å²) in [4.78, 5) is 18.5. The maximum atomic E-state index is 9.25. The van der Waals surface area contributed by atoms with Crippen LogP contribution in [0, 0.1) is 6.92 Å². The number of nitrogens with zero attached hydrogens (tertiary/aromatic N) is 5. The number of anilines is 2. The van der Waals surface area contributed by atoms with Gasteiger partial charge in [-0.25, -0.2) is 15.0 Å². The first-order valence-electron chi connectivity index (χ1n) is 6.62. The summed E-state index contributed by atoms with van der Waals surface area (Å²) in [5, 5.41) is 10.2. The maximum Gasteiger partial charge on any atom is 0.225 e. The number of aromatic nitrogens is 3. The SMILES string of the molecule is Cc1nc(N2CCN(c3ncccn3)CC2)sc1CO. The summed E-state index contributed by atoms with van der Waals surface area (Å²) >= 11 is 1.58. The van der Waals surface area contributed by atoms with Gasteiger partial charge in [0, 0.05) is 38.6 Å². The molecule has 0 aromatic carbocycles. The molecule has 3 heterocycles. The molecule has 1 fully saturated rings. The van der Waals surface area contributed by atoms with Crippen molar-refractivity contribution in [2.45, 2.75) is 13.5 Å². The highest BCUT2D eigenvalue weighted by Crippen LogP contribution is 2.27. The molecule has 0 amide bonds. The molecule has 3 rings (SSSR count). The average Bonchev–Trinajstić information content (AvgIpc) is 2.89. The minimum atomic E-state index is 0.0708. The molecule has 0 spiro atoms. The highest BCUT2D eigenvalue weighted by Gasteiger charge is 2.21. The zero-order valence-corrected chi connectivity index (χ0v) is 12.2. The van der Waals surface area contributed by atoms with Crippen LogP contribution in [0.25, 0.3) is 0 Å². The number of piperazine rings is 1. The Morgan fingerprint density at radius 2 is 1.80 bits per heavy atom. The minimum absolute atomic E-state index is 0.0708. The second-order valence-corrected chi connectivity index (χ2v) is 5.75. The molecular formula is C13H17N5OS. The van der Waals surface area contributed by atoms with E-state index in [2.05, 4.69) is 24.8 Å². The van der Waals surface area contributed by atoms with Gasteiger partial charge in [-0.2, -0.15) is 0 Å². The van der Waals surface area contributed by atoms with Crippen molar-refractivity contribution in [2.24, 2.45) is 0 Å². The summed E-state index contributed by atoms with van der Waals surface area (Å²) in [5.41, 5.74) is 0.932. The molecular weight excluding hydrogens is 274 g/mol. The molecule has 0 radical (unpaired) electrons. The Morgan fingerprint density at radius 3 is 2.40 bits per heavy atom. The predicted molar refractivity (Wildman–Crippen MR) is 79.2 cm³/mol. The van der Waals surface area contributed by atoms with Gasteiger partial charge in [-0.3, -0.25) is 0 Å². The highest BCUT2D eigenvalue weighted by atomic mass is 32.1. The van der Waals surface area contributed by atoms with E-state index in [9.17, 15) is 5.11 Å². The van der Waals surface area contributed by atoms with Crippen LogP contribution < -0.4 is 9.80 Å². The van der Waals surface area contributed by atoms with E-state index >= 15 is 0 Å². The van der Waals surface area contributed by atoms with Crippen LogP contribution in [0.4, 0.5) is 11.1 Å². The molecule has 106 valence electrons. The summed E-state index contributed by atoms with van der Waals surface area (Å²) in [7, 11) is 0. The Morgan fingerprint density at radius 1 is 1.15 bits per heavy atom. The van der Waals surface area contributed by atoms with E-state index in [1.54, 1.807) is 23.7 Å². The van der Waals surface area contributed by atoms with Crippen LogP contribution in [0.3, 0.4) is 0 Å². The molecule has 0 atom stereocenters. The third-order valence-electron chi connectivity index (χ3n) is 3.41. The van der Waals surface area contributed by atoms with Gasteiger partial charge in [0.05, 0.1) is 17.2 Å². The predicted octanol–water partition coefficient (Wildman–Crippen LogP) is 1.06. The molecule has 2 aromatic rings. The molecule has 1 N–H and O–H groups in total. The second kappa shape index (κ2) is 5.72. The molecule has 0 aliphatic carbocycles. The molecule has 6 nitrogen and oxygen atoms in total. The van der Waals surface area contributed by atoms with Gasteiger partial charge in [0.25, 0.3) is 0 Å². The van der Waals surface area contributed by atoms with Crippen molar-refractivity contribution in [3.63, 3.8) is 0 Å². The molecule has 0 unspecified atom stereocenters. The molecule has 0 bridgehead atoms. The van der Waals surface area contributed by atoms with E-state index in [0.717, 1.165) is 47.8 Å². The Bertz CT molecular complexity index is 565. The summed E-state index contributed by atoms with van der Waals surface area (Å²) in [6, 6.07) is 1.83. The fraction of sp³-hybridized carbons (Fsp3) is 0.462. The van der Waals surface area contributed by atoms with Gasteiger partial charge < -0.3 is 14.9 Å². The van der Waals surface area contributed by atoms with E-state index in [1.165, 1.54) is 0 Å². The van der Waals surface area contributed by atoms with Gasteiger partial charge in [-0.05, 0) is 13.0 Å². The van der Waals surface area contributed by atoms with Crippen molar-refractivity contribution in [1.82, 2.24) is 15.0 Å². The monoisotopic (exact) mass is 291 g/mol. The maximum absolute atomic E-state index is 9.25. The highest BCUT2D eigenvalue weighted by molar-refractivity contribution is 7.15. The average molecular weight is 291 g/mol. The largest absolute Gasteiger partial charge is 0.391 e. The molecule has 7 heteroatoms. The van der Waals surface area contributed by atoms with Crippen LogP contribution in [0.1, 0.15) is 10.6 Å². The van der Waals surface area contributed by atoms with E-state index in [0.29, 0.717) is 0 Å². The van der Waals surface area contributed by atoms with Crippen LogP contribution in [0.2, 0.25) is 0 Å². The summed E-state index contributed by atoms with van der Waals surface area (Å²) < 4.78 is 0. The van der Waals surface area contributed by atoms with Crippen molar-refractivity contribution in [2.75, 3.05) is 36.0 Å². The van der Waals surface area contributed by atoms with Gasteiger partial charge in [0.15, 0.2) is 5.13 Å². The molecule has 20 heavy (non-hydrogen) atoms. The standard InChI is InChI=1S/C13H17N5OS/c1-10-11(9-19)20-13(16-10)18-7-5-17(6-8-18)12-14-3-2-4-15-12/h2-4,19H,5-9H2,1H3. The van der Waals surface area contributed by atoms with Crippen LogP contribution in [-0.4, -0.2) is 46.2 Å². The number of hydrogen-bond donors (Lipinski definition) is 1. The Labute approximate surface area is 121 Å². The fourth-order valence-corrected chi connectivity index (χ4v) is 3.22. The molecule has 2 aromatic heterocycles. The number of thiazole rings is 1. The minimum Gasteiger partial charge on any atom is -0.391 e. The molecule has 0 saturated carbocycles. The summed E-state index contributed by atoms with van der Waals surface area (Å²) in [6.45, 7) is 5.58. The Kier molecular flexibility index (Phi) is 3.79. The lowest BCUT2D eigenvalue weighted by Crippen LogP contribution is -2.47. The second-order valence-electron chi connectivity index (χ2n) is 4.69. The third-order valence-corrected chi connectivity index (χ3v) is 4.61. The lowest BCUT2D eigenvalue weighted by Gasteiger charge is -2.34. The molecule has 1 aliphatic rings. The smallest absolute Gasteiger partial charge is 0.225 e. The number of aliphatic hydroxyl groups is 1. The lowest BCUT2D eigenvalue weighted by atomic mass is 10.3. The zero-order chi connectivity index (χ0) is 13.9.